The summed E-state index contributed by atoms with van der Waals surface area (Å²) < 4.78 is 0. The van der Waals surface area contributed by atoms with Crippen LogP contribution in [0.3, 0.4) is 0 Å². The van der Waals surface area contributed by atoms with Crippen LogP contribution in [-0.2, 0) is 0 Å². The molecule has 0 aliphatic carbocycles. The van der Waals surface area contributed by atoms with Crippen LogP contribution in [0, 0.1) is 6.92 Å². The Kier molecular flexibility index (Phi) is 9.60. The highest BCUT2D eigenvalue weighted by molar-refractivity contribution is 7.80. The van der Waals surface area contributed by atoms with Crippen LogP contribution >= 0.6 is 7.92 Å². The van der Waals surface area contributed by atoms with Crippen molar-refractivity contribution in [3.63, 3.8) is 0 Å². The van der Waals surface area contributed by atoms with E-state index in [4.69, 9.17) is 0 Å². The van der Waals surface area contributed by atoms with Gasteiger partial charge >= 0.3 is 0 Å². The summed E-state index contributed by atoms with van der Waals surface area (Å²) in [7, 11) is -0.558. The van der Waals surface area contributed by atoms with E-state index in [-0.39, 0.29) is 0 Å². The number of hydrogen-bond acceptors (Lipinski definition) is 0. The molecule has 0 amide bonds. The fourth-order valence-electron chi connectivity index (χ4n) is 6.46. The van der Waals surface area contributed by atoms with Gasteiger partial charge in [-0.25, -0.2) is 0 Å². The van der Waals surface area contributed by atoms with Crippen molar-refractivity contribution in [2.24, 2.45) is 0 Å². The molecule has 0 saturated heterocycles. The van der Waals surface area contributed by atoms with Crippen molar-refractivity contribution < 1.29 is 0 Å². The van der Waals surface area contributed by atoms with Gasteiger partial charge in [0.05, 0.1) is 0 Å². The molecule has 0 heterocycles. The maximum atomic E-state index is 4.28. The summed E-state index contributed by atoms with van der Waals surface area (Å²) in [6.45, 7) is 8.63. The summed E-state index contributed by atoms with van der Waals surface area (Å²) in [4.78, 5) is 0. The van der Waals surface area contributed by atoms with E-state index >= 15 is 0 Å². The Morgan fingerprint density at radius 2 is 0.939 bits per heavy atom. The Morgan fingerprint density at radius 3 is 1.53 bits per heavy atom. The lowest BCUT2D eigenvalue weighted by Gasteiger charge is -2.21. The molecule has 0 aliphatic heterocycles. The zero-order valence-corrected chi connectivity index (χ0v) is 28.9. The quantitative estimate of drug-likeness (QED) is 0.125. The molecule has 0 aromatic heterocycles. The number of rotatable bonds is 6. The number of allylic oxidation sites excluding steroid dienone is 3. The van der Waals surface area contributed by atoms with Gasteiger partial charge in [-0.3, -0.25) is 0 Å². The third-order valence-corrected chi connectivity index (χ3v) is 11.6. The molecule has 236 valence electrons. The van der Waals surface area contributed by atoms with Gasteiger partial charge in [-0.2, -0.15) is 0 Å². The van der Waals surface area contributed by atoms with E-state index in [0.717, 1.165) is 5.57 Å². The molecular formula is C48H39P. The summed E-state index contributed by atoms with van der Waals surface area (Å²) in [5.74, 6) is 0. The summed E-state index contributed by atoms with van der Waals surface area (Å²) in [5.41, 5.74) is 6.00. The third kappa shape index (κ3) is 7.17. The molecule has 8 rings (SSSR count). The summed E-state index contributed by atoms with van der Waals surface area (Å²) in [6.07, 6.45) is 2.17. The molecule has 0 atom stereocenters. The molecular weight excluding hydrogens is 608 g/mol. The van der Waals surface area contributed by atoms with E-state index < -0.39 is 7.92 Å². The monoisotopic (exact) mass is 646 g/mol. The van der Waals surface area contributed by atoms with Crippen molar-refractivity contribution in [1.82, 2.24) is 0 Å². The Labute approximate surface area is 291 Å². The van der Waals surface area contributed by atoms with E-state index in [1.807, 2.05) is 0 Å². The van der Waals surface area contributed by atoms with Gasteiger partial charge in [0.2, 0.25) is 0 Å². The Balaban J connectivity index is 0.000000154. The number of benzene rings is 8. The molecule has 0 bridgehead atoms. The maximum Gasteiger partial charge on any atom is -0.00724 e. The predicted octanol–water partition coefficient (Wildman–Crippen LogP) is 12.0. The van der Waals surface area contributed by atoms with Gasteiger partial charge in [-0.05, 0) is 110 Å². The topological polar surface area (TPSA) is 0 Å². The van der Waals surface area contributed by atoms with Gasteiger partial charge in [0.1, 0.15) is 0 Å². The van der Waals surface area contributed by atoms with E-state index in [1.54, 1.807) is 0 Å². The lowest BCUT2D eigenvalue weighted by atomic mass is 9.97. The largest absolute Gasteiger partial charge is 0.0911 e. The summed E-state index contributed by atoms with van der Waals surface area (Å²) in [6, 6.07) is 65.2. The highest BCUT2D eigenvalue weighted by atomic mass is 31.1. The Bertz CT molecular complexity index is 2380. The molecule has 0 radical (unpaired) electrons. The van der Waals surface area contributed by atoms with Crippen molar-refractivity contribution in [3.8, 4) is 0 Å². The van der Waals surface area contributed by atoms with Crippen molar-refractivity contribution >= 4 is 67.3 Å². The van der Waals surface area contributed by atoms with Crippen LogP contribution in [0.5, 0.6) is 0 Å². The Hall–Kier alpha value is -5.55. The van der Waals surface area contributed by atoms with Gasteiger partial charge < -0.3 is 0 Å². The smallest absolute Gasteiger partial charge is 0.00724 e. The van der Waals surface area contributed by atoms with Crippen LogP contribution in [0.4, 0.5) is 0 Å². The van der Waals surface area contributed by atoms with Crippen LogP contribution in [-0.4, -0.2) is 0 Å². The molecule has 0 fully saturated rings. The predicted molar refractivity (Wildman–Crippen MR) is 218 cm³/mol. The molecule has 0 N–H and O–H groups in total. The zero-order valence-electron chi connectivity index (χ0n) is 28.1. The molecule has 8 aromatic carbocycles. The fraction of sp³-hybridized carbons (Fsp3) is 0.0417. The minimum absolute atomic E-state index is 0.558. The second-order valence-electron chi connectivity index (χ2n) is 12.4. The van der Waals surface area contributed by atoms with E-state index in [2.05, 4.69) is 208 Å². The molecule has 0 spiro atoms. The molecule has 49 heavy (non-hydrogen) atoms. The highest BCUT2D eigenvalue weighted by Crippen LogP contribution is 2.36. The molecule has 0 saturated carbocycles. The van der Waals surface area contributed by atoms with Gasteiger partial charge in [-0.1, -0.05) is 183 Å². The minimum atomic E-state index is -0.558. The molecule has 0 aliphatic rings. The number of hydrogen-bond donors (Lipinski definition) is 0. The van der Waals surface area contributed by atoms with E-state index in [1.165, 1.54) is 70.5 Å². The minimum Gasteiger partial charge on any atom is -0.0911 e. The normalized spacial score (nSPS) is 11.4. The molecule has 1 heteroatoms. The van der Waals surface area contributed by atoms with Gasteiger partial charge in [0, 0.05) is 0 Å². The van der Waals surface area contributed by atoms with Crippen molar-refractivity contribution in [2.75, 3.05) is 0 Å². The van der Waals surface area contributed by atoms with Gasteiger partial charge in [0.25, 0.3) is 0 Å². The second kappa shape index (κ2) is 14.7. The highest BCUT2D eigenvalue weighted by Gasteiger charge is 2.18. The van der Waals surface area contributed by atoms with Crippen molar-refractivity contribution in [2.45, 2.75) is 13.8 Å². The molecule has 0 unspecified atom stereocenters. The second-order valence-corrected chi connectivity index (χ2v) is 14.6. The lowest BCUT2D eigenvalue weighted by molar-refractivity contribution is 1.54. The lowest BCUT2D eigenvalue weighted by Crippen LogP contribution is -2.21. The first kappa shape index (κ1) is 32.0. The standard InChI is InChI=1S/C25H20.C23H19P/c1-18(22-13-11-20-7-3-5-9-24(20)16-22)15-19(2)23-14-12-21-8-4-6-10-25(21)17-23;1-18-16-17-23(22-15-9-8-14-21(18)22)24(19-10-4-2-5-11-19)20-12-6-3-7-13-20/h3-17H,1H2,2H3;2-17H,1H3/b19-15+;. The molecule has 0 nitrogen and oxygen atoms in total. The van der Waals surface area contributed by atoms with E-state index in [9.17, 15) is 0 Å². The first-order valence-corrected chi connectivity index (χ1v) is 18.1. The van der Waals surface area contributed by atoms with Gasteiger partial charge in [-0.15, -0.1) is 0 Å². The third-order valence-electron chi connectivity index (χ3n) is 9.10. The SMILES string of the molecule is C=C(/C=C(\C)c1ccc2ccccc2c1)c1ccc2ccccc2c1.Cc1ccc(P(c2ccccc2)c2ccccc2)c2ccccc12. The summed E-state index contributed by atoms with van der Waals surface area (Å²) >= 11 is 0. The van der Waals surface area contributed by atoms with Crippen LogP contribution in [0.1, 0.15) is 23.6 Å². The van der Waals surface area contributed by atoms with Crippen LogP contribution in [0.25, 0.3) is 43.5 Å². The fourth-order valence-corrected chi connectivity index (χ4v) is 8.92. The van der Waals surface area contributed by atoms with Crippen LogP contribution in [0.2, 0.25) is 0 Å². The first-order valence-electron chi connectivity index (χ1n) is 16.8. The van der Waals surface area contributed by atoms with Gasteiger partial charge in [0.15, 0.2) is 0 Å². The number of aryl methyl sites for hydroxylation is 1. The first-order chi connectivity index (χ1) is 24.0. The summed E-state index contributed by atoms with van der Waals surface area (Å²) in [5, 5.41) is 12.0. The maximum absolute atomic E-state index is 4.28. The number of fused-ring (bicyclic) bond motifs is 3. The Morgan fingerprint density at radius 1 is 0.469 bits per heavy atom. The average molecular weight is 647 g/mol. The average Bonchev–Trinajstić information content (AvgIpc) is 3.16. The van der Waals surface area contributed by atoms with E-state index in [0.29, 0.717) is 0 Å². The van der Waals surface area contributed by atoms with Crippen molar-refractivity contribution in [3.05, 3.63) is 211 Å². The van der Waals surface area contributed by atoms with Crippen LogP contribution < -0.4 is 15.9 Å². The van der Waals surface area contributed by atoms with Crippen molar-refractivity contribution in [1.29, 1.82) is 0 Å². The van der Waals surface area contributed by atoms with Crippen LogP contribution in [0.15, 0.2) is 195 Å². The molecule has 8 aromatic rings. The zero-order chi connectivity index (χ0) is 33.6.